The van der Waals surface area contributed by atoms with Crippen LogP contribution in [-0.4, -0.2) is 5.84 Å². The van der Waals surface area contributed by atoms with E-state index in [9.17, 15) is 0 Å². The minimum Gasteiger partial charge on any atom is -0.384 e. The number of nitrogens with one attached hydrogen (secondary N) is 1. The Morgan fingerprint density at radius 2 is 1.41 bits per heavy atom. The van der Waals surface area contributed by atoms with Crippen LogP contribution in [0, 0.1) is 5.41 Å². The second-order valence-electron chi connectivity index (χ2n) is 6.67. The lowest BCUT2D eigenvalue weighted by molar-refractivity contribution is 0.530. The van der Waals surface area contributed by atoms with E-state index in [0.717, 1.165) is 5.56 Å². The summed E-state index contributed by atoms with van der Waals surface area (Å²) in [6.45, 7) is 13.2. The van der Waals surface area contributed by atoms with Crippen LogP contribution < -0.4 is 5.73 Å². The van der Waals surface area contributed by atoms with E-state index in [1.165, 1.54) is 11.1 Å². The summed E-state index contributed by atoms with van der Waals surface area (Å²) in [4.78, 5) is 0. The molecule has 2 heteroatoms. The molecule has 0 saturated heterocycles. The molecule has 17 heavy (non-hydrogen) atoms. The van der Waals surface area contributed by atoms with Crippen LogP contribution in [0.4, 0.5) is 0 Å². The quantitative estimate of drug-likeness (QED) is 0.564. The molecular weight excluding hydrogens is 208 g/mol. The average Bonchev–Trinajstić information content (AvgIpc) is 2.14. The molecule has 2 nitrogen and oxygen atoms in total. The molecular formula is C15H24N2. The largest absolute Gasteiger partial charge is 0.384 e. The molecule has 0 bridgehead atoms. The van der Waals surface area contributed by atoms with E-state index in [0.29, 0.717) is 0 Å². The van der Waals surface area contributed by atoms with Crippen molar-refractivity contribution in [3.63, 3.8) is 0 Å². The zero-order valence-electron chi connectivity index (χ0n) is 11.8. The van der Waals surface area contributed by atoms with Crippen molar-refractivity contribution in [3.8, 4) is 0 Å². The zero-order chi connectivity index (χ0) is 13.4. The number of hydrogen-bond acceptors (Lipinski definition) is 1. The molecule has 0 saturated carbocycles. The van der Waals surface area contributed by atoms with Gasteiger partial charge in [0.25, 0.3) is 0 Å². The molecule has 0 aliphatic rings. The maximum absolute atomic E-state index is 7.54. The van der Waals surface area contributed by atoms with Crippen molar-refractivity contribution in [3.05, 3.63) is 34.9 Å². The maximum Gasteiger partial charge on any atom is 0.122 e. The summed E-state index contributed by atoms with van der Waals surface area (Å²) in [6.07, 6.45) is 0. The molecule has 0 unspecified atom stereocenters. The first kappa shape index (κ1) is 13.8. The molecule has 1 aromatic carbocycles. The Bertz CT molecular complexity index is 431. The van der Waals surface area contributed by atoms with Gasteiger partial charge in [-0.25, -0.2) is 0 Å². The molecule has 0 spiro atoms. The van der Waals surface area contributed by atoms with Gasteiger partial charge in [-0.05, 0) is 28.0 Å². The van der Waals surface area contributed by atoms with Gasteiger partial charge in [0.1, 0.15) is 5.84 Å². The van der Waals surface area contributed by atoms with E-state index >= 15 is 0 Å². The summed E-state index contributed by atoms with van der Waals surface area (Å²) in [5.74, 6) is 0.135. The fraction of sp³-hybridized carbons (Fsp3) is 0.533. The monoisotopic (exact) mass is 232 g/mol. The van der Waals surface area contributed by atoms with Gasteiger partial charge in [0, 0.05) is 5.56 Å². The third-order valence-corrected chi connectivity index (χ3v) is 2.95. The van der Waals surface area contributed by atoms with Gasteiger partial charge in [0.05, 0.1) is 0 Å². The van der Waals surface area contributed by atoms with Gasteiger partial charge < -0.3 is 5.73 Å². The van der Waals surface area contributed by atoms with Gasteiger partial charge in [-0.1, -0.05) is 53.7 Å². The molecule has 94 valence electrons. The van der Waals surface area contributed by atoms with Crippen LogP contribution in [0.15, 0.2) is 18.2 Å². The SMILES string of the molecule is CC(C)(C)c1ccc(C(=N)N)cc1C(C)(C)C. The van der Waals surface area contributed by atoms with Gasteiger partial charge in [-0.3, -0.25) is 5.41 Å². The van der Waals surface area contributed by atoms with Crippen molar-refractivity contribution in [2.24, 2.45) is 5.73 Å². The van der Waals surface area contributed by atoms with E-state index in [1.54, 1.807) is 0 Å². The molecule has 0 aromatic heterocycles. The fourth-order valence-electron chi connectivity index (χ4n) is 1.99. The zero-order valence-corrected chi connectivity index (χ0v) is 11.8. The van der Waals surface area contributed by atoms with E-state index in [-0.39, 0.29) is 16.7 Å². The molecule has 1 aromatic rings. The fourth-order valence-corrected chi connectivity index (χ4v) is 1.99. The number of hydrogen-bond donors (Lipinski definition) is 2. The van der Waals surface area contributed by atoms with Crippen LogP contribution in [-0.2, 0) is 10.8 Å². The highest BCUT2D eigenvalue weighted by atomic mass is 14.7. The lowest BCUT2D eigenvalue weighted by Gasteiger charge is -2.30. The normalized spacial score (nSPS) is 12.6. The second-order valence-corrected chi connectivity index (χ2v) is 6.67. The Morgan fingerprint density at radius 1 is 0.941 bits per heavy atom. The Labute approximate surface area is 105 Å². The maximum atomic E-state index is 7.54. The van der Waals surface area contributed by atoms with E-state index < -0.39 is 0 Å². The van der Waals surface area contributed by atoms with Gasteiger partial charge in [-0.15, -0.1) is 0 Å². The summed E-state index contributed by atoms with van der Waals surface area (Å²) >= 11 is 0. The summed E-state index contributed by atoms with van der Waals surface area (Å²) in [7, 11) is 0. The lowest BCUT2D eigenvalue weighted by atomic mass is 9.74. The van der Waals surface area contributed by atoms with Crippen LogP contribution in [0.5, 0.6) is 0 Å². The van der Waals surface area contributed by atoms with E-state index in [2.05, 4.69) is 53.7 Å². The standard InChI is InChI=1S/C15H24N2/c1-14(2,3)11-8-7-10(13(16)17)9-12(11)15(4,5)6/h7-9H,1-6H3,(H3,16,17). The van der Waals surface area contributed by atoms with Gasteiger partial charge in [0.15, 0.2) is 0 Å². The highest BCUT2D eigenvalue weighted by molar-refractivity contribution is 5.95. The smallest absolute Gasteiger partial charge is 0.122 e. The number of nitrogen functional groups attached to an aromatic ring is 1. The lowest BCUT2D eigenvalue weighted by Crippen LogP contribution is -2.23. The molecule has 0 fully saturated rings. The Balaban J connectivity index is 3.49. The van der Waals surface area contributed by atoms with Crippen molar-refractivity contribution < 1.29 is 0 Å². The summed E-state index contributed by atoms with van der Waals surface area (Å²) in [5.41, 5.74) is 9.15. The third kappa shape index (κ3) is 3.09. The summed E-state index contributed by atoms with van der Waals surface area (Å²) in [5, 5.41) is 7.54. The first-order valence-corrected chi connectivity index (χ1v) is 6.03. The number of nitrogens with two attached hydrogens (primary N) is 1. The highest BCUT2D eigenvalue weighted by Gasteiger charge is 2.25. The Hall–Kier alpha value is -1.31. The van der Waals surface area contributed by atoms with Crippen LogP contribution >= 0.6 is 0 Å². The molecule has 0 amide bonds. The third-order valence-electron chi connectivity index (χ3n) is 2.95. The van der Waals surface area contributed by atoms with Crippen molar-refractivity contribution in [1.29, 1.82) is 5.41 Å². The number of benzene rings is 1. The molecule has 1 rings (SSSR count). The van der Waals surface area contributed by atoms with Crippen molar-refractivity contribution in [2.75, 3.05) is 0 Å². The van der Waals surface area contributed by atoms with Crippen molar-refractivity contribution in [1.82, 2.24) is 0 Å². The molecule has 0 radical (unpaired) electrons. The highest BCUT2D eigenvalue weighted by Crippen LogP contribution is 2.34. The molecule has 3 N–H and O–H groups in total. The van der Waals surface area contributed by atoms with Gasteiger partial charge >= 0.3 is 0 Å². The first-order chi connectivity index (χ1) is 7.53. The summed E-state index contributed by atoms with van der Waals surface area (Å²) in [6, 6.07) is 6.11. The van der Waals surface area contributed by atoms with Crippen LogP contribution in [0.1, 0.15) is 58.2 Å². The first-order valence-electron chi connectivity index (χ1n) is 6.03. The molecule has 0 atom stereocenters. The Morgan fingerprint density at radius 3 is 1.76 bits per heavy atom. The number of amidine groups is 1. The minimum atomic E-state index is 0.0636. The predicted molar refractivity (Wildman–Crippen MR) is 74.9 cm³/mol. The Kier molecular flexibility index (Phi) is 3.37. The van der Waals surface area contributed by atoms with Crippen LogP contribution in [0.25, 0.3) is 0 Å². The van der Waals surface area contributed by atoms with Gasteiger partial charge in [0.2, 0.25) is 0 Å². The number of rotatable bonds is 1. The topological polar surface area (TPSA) is 49.9 Å². The van der Waals surface area contributed by atoms with Crippen molar-refractivity contribution in [2.45, 2.75) is 52.4 Å². The molecule has 0 aliphatic heterocycles. The van der Waals surface area contributed by atoms with Crippen LogP contribution in [0.2, 0.25) is 0 Å². The predicted octanol–water partition coefficient (Wildman–Crippen LogP) is 3.57. The second kappa shape index (κ2) is 4.17. The van der Waals surface area contributed by atoms with Crippen molar-refractivity contribution >= 4 is 5.84 Å². The van der Waals surface area contributed by atoms with E-state index in [1.807, 2.05) is 6.07 Å². The van der Waals surface area contributed by atoms with E-state index in [4.69, 9.17) is 11.1 Å². The molecule has 0 heterocycles. The van der Waals surface area contributed by atoms with Gasteiger partial charge in [-0.2, -0.15) is 0 Å². The average molecular weight is 232 g/mol. The summed E-state index contributed by atoms with van der Waals surface area (Å²) < 4.78 is 0. The minimum absolute atomic E-state index is 0.0636. The molecule has 0 aliphatic carbocycles. The van der Waals surface area contributed by atoms with Crippen LogP contribution in [0.3, 0.4) is 0 Å².